The Labute approximate surface area is 132 Å². The molecule has 2 rings (SSSR count). The van der Waals surface area contributed by atoms with E-state index in [0.29, 0.717) is 13.1 Å². The maximum atomic E-state index is 11.7. The second-order valence-corrected chi connectivity index (χ2v) is 5.48. The second-order valence-electron chi connectivity index (χ2n) is 5.48. The van der Waals surface area contributed by atoms with Gasteiger partial charge in [0.1, 0.15) is 0 Å². The number of carbonyl (C=O) groups is 1. The van der Waals surface area contributed by atoms with Crippen molar-refractivity contribution in [2.75, 3.05) is 6.54 Å². The predicted octanol–water partition coefficient (Wildman–Crippen LogP) is 3.82. The minimum absolute atomic E-state index is 0.0945. The molecule has 0 unspecified atom stereocenters. The molecule has 0 spiro atoms. The number of hydrogen-bond donors (Lipinski definition) is 2. The zero-order valence-electron chi connectivity index (χ0n) is 13.1. The summed E-state index contributed by atoms with van der Waals surface area (Å²) in [7, 11) is 0. The quantitative estimate of drug-likeness (QED) is 0.749. The molecule has 0 fully saturated rings. The molecule has 3 nitrogen and oxygen atoms in total. The molecule has 0 aliphatic rings. The molecule has 0 aromatic heterocycles. The number of urea groups is 1. The molecule has 2 amide bonds. The lowest BCUT2D eigenvalue weighted by molar-refractivity contribution is 0.240. The fourth-order valence-corrected chi connectivity index (χ4v) is 2.35. The lowest BCUT2D eigenvalue weighted by Crippen LogP contribution is -2.35. The third-order valence-corrected chi connectivity index (χ3v) is 3.72. The van der Waals surface area contributed by atoms with Gasteiger partial charge in [0.25, 0.3) is 0 Å². The number of nitrogens with one attached hydrogen (secondary N) is 2. The SMILES string of the molecule is Cc1ccccc1CNC(=O)NCCCCc1ccccc1. The molecule has 0 saturated carbocycles. The van der Waals surface area contributed by atoms with E-state index in [1.165, 1.54) is 11.1 Å². The van der Waals surface area contributed by atoms with E-state index in [2.05, 4.69) is 47.9 Å². The maximum Gasteiger partial charge on any atom is 0.315 e. The fourth-order valence-electron chi connectivity index (χ4n) is 2.35. The predicted molar refractivity (Wildman–Crippen MR) is 90.8 cm³/mol. The van der Waals surface area contributed by atoms with Crippen molar-refractivity contribution >= 4 is 6.03 Å². The van der Waals surface area contributed by atoms with Gasteiger partial charge in [-0.1, -0.05) is 54.6 Å². The molecular formula is C19H24N2O. The van der Waals surface area contributed by atoms with Crippen LogP contribution in [0.15, 0.2) is 54.6 Å². The first-order chi connectivity index (χ1) is 10.8. The zero-order valence-corrected chi connectivity index (χ0v) is 13.1. The molecule has 0 heterocycles. The van der Waals surface area contributed by atoms with Gasteiger partial charge in [0.05, 0.1) is 0 Å². The smallest absolute Gasteiger partial charge is 0.315 e. The highest BCUT2D eigenvalue weighted by Gasteiger charge is 2.01. The number of rotatable bonds is 7. The molecule has 0 aliphatic carbocycles. The summed E-state index contributed by atoms with van der Waals surface area (Å²) in [6.07, 6.45) is 3.14. The Kier molecular flexibility index (Phi) is 6.49. The molecular weight excluding hydrogens is 272 g/mol. The number of benzene rings is 2. The van der Waals surface area contributed by atoms with E-state index < -0.39 is 0 Å². The van der Waals surface area contributed by atoms with Gasteiger partial charge in [0.15, 0.2) is 0 Å². The first-order valence-corrected chi connectivity index (χ1v) is 7.86. The van der Waals surface area contributed by atoms with Crippen LogP contribution >= 0.6 is 0 Å². The number of unbranched alkanes of at least 4 members (excludes halogenated alkanes) is 1. The average Bonchev–Trinajstić information content (AvgIpc) is 2.55. The molecule has 0 atom stereocenters. The van der Waals surface area contributed by atoms with Crippen LogP contribution < -0.4 is 10.6 Å². The Bertz CT molecular complexity index is 581. The Morgan fingerprint density at radius 3 is 2.41 bits per heavy atom. The molecule has 2 N–H and O–H groups in total. The van der Waals surface area contributed by atoms with Crippen molar-refractivity contribution in [2.24, 2.45) is 0 Å². The van der Waals surface area contributed by atoms with Crippen molar-refractivity contribution in [3.63, 3.8) is 0 Å². The van der Waals surface area contributed by atoms with Gasteiger partial charge in [-0.05, 0) is 42.9 Å². The van der Waals surface area contributed by atoms with Crippen LogP contribution in [0.5, 0.6) is 0 Å². The Morgan fingerprint density at radius 1 is 0.909 bits per heavy atom. The topological polar surface area (TPSA) is 41.1 Å². The van der Waals surface area contributed by atoms with Crippen LogP contribution in [-0.4, -0.2) is 12.6 Å². The summed E-state index contributed by atoms with van der Waals surface area (Å²) in [5.74, 6) is 0. The Hall–Kier alpha value is -2.29. The monoisotopic (exact) mass is 296 g/mol. The summed E-state index contributed by atoms with van der Waals surface area (Å²) in [6.45, 7) is 3.34. The van der Waals surface area contributed by atoms with Crippen LogP contribution in [0.3, 0.4) is 0 Å². The van der Waals surface area contributed by atoms with Crippen molar-refractivity contribution in [3.8, 4) is 0 Å². The molecule has 0 aliphatic heterocycles. The standard InChI is InChI=1S/C19H24N2O/c1-16-9-5-6-13-18(16)15-21-19(22)20-14-8-7-12-17-10-3-2-4-11-17/h2-6,9-11,13H,7-8,12,14-15H2,1H3,(H2,20,21,22). The maximum absolute atomic E-state index is 11.7. The normalized spacial score (nSPS) is 10.2. The summed E-state index contributed by atoms with van der Waals surface area (Å²) in [6, 6.07) is 18.4. The van der Waals surface area contributed by atoms with Crippen LogP contribution in [0.4, 0.5) is 4.79 Å². The Morgan fingerprint density at radius 2 is 1.64 bits per heavy atom. The highest BCUT2D eigenvalue weighted by Crippen LogP contribution is 2.06. The molecule has 0 saturated heterocycles. The van der Waals surface area contributed by atoms with Gasteiger partial charge in [-0.2, -0.15) is 0 Å². The molecule has 0 radical (unpaired) electrons. The van der Waals surface area contributed by atoms with Crippen LogP contribution in [0.1, 0.15) is 29.5 Å². The van der Waals surface area contributed by atoms with Crippen molar-refractivity contribution in [3.05, 3.63) is 71.3 Å². The highest BCUT2D eigenvalue weighted by molar-refractivity contribution is 5.73. The van der Waals surface area contributed by atoms with Crippen LogP contribution in [0.2, 0.25) is 0 Å². The molecule has 0 bridgehead atoms. The number of aryl methyl sites for hydroxylation is 2. The van der Waals surface area contributed by atoms with Crippen LogP contribution in [0.25, 0.3) is 0 Å². The molecule has 3 heteroatoms. The number of hydrogen-bond acceptors (Lipinski definition) is 1. The summed E-state index contributed by atoms with van der Waals surface area (Å²) < 4.78 is 0. The zero-order chi connectivity index (χ0) is 15.6. The minimum Gasteiger partial charge on any atom is -0.338 e. The van der Waals surface area contributed by atoms with Crippen LogP contribution in [0, 0.1) is 6.92 Å². The number of amides is 2. The average molecular weight is 296 g/mol. The van der Waals surface area contributed by atoms with E-state index in [1.54, 1.807) is 0 Å². The molecule has 22 heavy (non-hydrogen) atoms. The van der Waals surface area contributed by atoms with Gasteiger partial charge in [-0.15, -0.1) is 0 Å². The van der Waals surface area contributed by atoms with Crippen molar-refractivity contribution in [1.82, 2.24) is 10.6 Å². The van der Waals surface area contributed by atoms with E-state index >= 15 is 0 Å². The van der Waals surface area contributed by atoms with E-state index in [0.717, 1.165) is 24.8 Å². The van der Waals surface area contributed by atoms with Gasteiger partial charge in [0.2, 0.25) is 0 Å². The van der Waals surface area contributed by atoms with Crippen LogP contribution in [-0.2, 0) is 13.0 Å². The second kappa shape index (κ2) is 8.88. The highest BCUT2D eigenvalue weighted by atomic mass is 16.2. The molecule has 2 aromatic rings. The number of carbonyl (C=O) groups excluding carboxylic acids is 1. The van der Waals surface area contributed by atoms with E-state index in [9.17, 15) is 4.79 Å². The van der Waals surface area contributed by atoms with Crippen molar-refractivity contribution in [1.29, 1.82) is 0 Å². The van der Waals surface area contributed by atoms with Gasteiger partial charge < -0.3 is 10.6 Å². The minimum atomic E-state index is -0.0945. The van der Waals surface area contributed by atoms with Gasteiger partial charge >= 0.3 is 6.03 Å². The van der Waals surface area contributed by atoms with Crippen molar-refractivity contribution < 1.29 is 4.79 Å². The van der Waals surface area contributed by atoms with Crippen molar-refractivity contribution in [2.45, 2.75) is 32.7 Å². The van der Waals surface area contributed by atoms with E-state index in [4.69, 9.17) is 0 Å². The summed E-state index contributed by atoms with van der Waals surface area (Å²) in [5.41, 5.74) is 3.71. The lowest BCUT2D eigenvalue weighted by atomic mass is 10.1. The third kappa shape index (κ3) is 5.60. The first kappa shape index (κ1) is 16.1. The van der Waals surface area contributed by atoms with Gasteiger partial charge in [0, 0.05) is 13.1 Å². The lowest BCUT2D eigenvalue weighted by Gasteiger charge is -2.09. The fraction of sp³-hybridized carbons (Fsp3) is 0.316. The Balaban J connectivity index is 1.57. The van der Waals surface area contributed by atoms with Gasteiger partial charge in [-0.3, -0.25) is 0 Å². The summed E-state index contributed by atoms with van der Waals surface area (Å²) in [5, 5.41) is 5.81. The third-order valence-electron chi connectivity index (χ3n) is 3.72. The summed E-state index contributed by atoms with van der Waals surface area (Å²) in [4.78, 5) is 11.7. The molecule has 116 valence electrons. The van der Waals surface area contributed by atoms with Gasteiger partial charge in [-0.25, -0.2) is 4.79 Å². The van der Waals surface area contributed by atoms with E-state index in [1.807, 2.05) is 24.3 Å². The van der Waals surface area contributed by atoms with E-state index in [-0.39, 0.29) is 6.03 Å². The largest absolute Gasteiger partial charge is 0.338 e. The first-order valence-electron chi connectivity index (χ1n) is 7.86. The molecule has 2 aromatic carbocycles. The summed E-state index contributed by atoms with van der Waals surface area (Å²) >= 11 is 0.